The summed E-state index contributed by atoms with van der Waals surface area (Å²) >= 11 is 0. The van der Waals surface area contributed by atoms with Gasteiger partial charge < -0.3 is 4.42 Å². The molecule has 0 atom stereocenters. The molecule has 3 aromatic heterocycles. The molecule has 0 amide bonds. The highest BCUT2D eigenvalue weighted by Crippen LogP contribution is 2.39. The third-order valence-corrected chi connectivity index (χ3v) is 9.03. The van der Waals surface area contributed by atoms with Crippen LogP contribution in [0.25, 0.3) is 89.6 Å². The fraction of sp³-hybridized carbons (Fsp3) is 0. The van der Waals surface area contributed by atoms with Gasteiger partial charge in [0.05, 0.1) is 17.3 Å². The SMILES string of the molecule is N#Cc1cccc(-c2ccc(-c3nc(-c4ccccc4)nc(-c4ccc5c(c4)oc4cccc(-c6ccc(-c7ccccc7)cc6)c45)n3)cn2)c1. The second kappa shape index (κ2) is 12.7. The van der Waals surface area contributed by atoms with Crippen LogP contribution < -0.4 is 0 Å². The zero-order valence-corrected chi connectivity index (χ0v) is 27.2. The Kier molecular flexibility index (Phi) is 7.42. The molecule has 6 aromatic carbocycles. The lowest BCUT2D eigenvalue weighted by Gasteiger charge is -2.09. The number of rotatable bonds is 6. The maximum Gasteiger partial charge on any atom is 0.165 e. The molecule has 238 valence electrons. The van der Waals surface area contributed by atoms with Crippen LogP contribution in [0.4, 0.5) is 0 Å². The van der Waals surface area contributed by atoms with Crippen molar-refractivity contribution >= 4 is 21.9 Å². The molecule has 0 aliphatic heterocycles. The second-order valence-electron chi connectivity index (χ2n) is 12.2. The molecule has 0 radical (unpaired) electrons. The molecule has 0 fully saturated rings. The molecule has 0 unspecified atom stereocenters. The molecule has 0 N–H and O–H groups in total. The molecule has 3 heterocycles. The van der Waals surface area contributed by atoms with Gasteiger partial charge in [0.2, 0.25) is 0 Å². The number of nitriles is 1. The first-order chi connectivity index (χ1) is 25.2. The third kappa shape index (κ3) is 5.69. The lowest BCUT2D eigenvalue weighted by molar-refractivity contribution is 0.669. The van der Waals surface area contributed by atoms with Crippen LogP contribution in [0.2, 0.25) is 0 Å². The van der Waals surface area contributed by atoms with Crippen LogP contribution in [0.1, 0.15) is 5.56 Å². The number of hydrogen-bond acceptors (Lipinski definition) is 6. The molecule has 6 nitrogen and oxygen atoms in total. The van der Waals surface area contributed by atoms with E-state index in [9.17, 15) is 5.26 Å². The number of furan rings is 1. The molecule has 9 aromatic rings. The van der Waals surface area contributed by atoms with E-state index in [1.165, 1.54) is 11.1 Å². The highest BCUT2D eigenvalue weighted by atomic mass is 16.3. The van der Waals surface area contributed by atoms with Gasteiger partial charge in [0.15, 0.2) is 17.5 Å². The Labute approximate surface area is 294 Å². The summed E-state index contributed by atoms with van der Waals surface area (Å²) < 4.78 is 6.47. The largest absolute Gasteiger partial charge is 0.456 e. The van der Waals surface area contributed by atoms with E-state index in [1.807, 2.05) is 91.0 Å². The van der Waals surface area contributed by atoms with E-state index in [2.05, 4.69) is 66.7 Å². The Hall–Kier alpha value is -7.23. The van der Waals surface area contributed by atoms with E-state index in [4.69, 9.17) is 24.4 Å². The summed E-state index contributed by atoms with van der Waals surface area (Å²) in [5.41, 5.74) is 10.8. The van der Waals surface area contributed by atoms with Crippen molar-refractivity contribution < 1.29 is 4.42 Å². The van der Waals surface area contributed by atoms with Crippen molar-refractivity contribution in [1.29, 1.82) is 5.26 Å². The summed E-state index contributed by atoms with van der Waals surface area (Å²) in [6.07, 6.45) is 1.76. The van der Waals surface area contributed by atoms with Crippen molar-refractivity contribution in [3.8, 4) is 73.7 Å². The molecular weight excluding hydrogens is 627 g/mol. The van der Waals surface area contributed by atoms with Gasteiger partial charge in [-0.05, 0) is 64.7 Å². The minimum atomic E-state index is 0.509. The average molecular weight is 654 g/mol. The van der Waals surface area contributed by atoms with E-state index in [-0.39, 0.29) is 0 Å². The van der Waals surface area contributed by atoms with Crippen LogP contribution >= 0.6 is 0 Å². The first-order valence-corrected chi connectivity index (χ1v) is 16.6. The molecular formula is C45H27N5O. The van der Waals surface area contributed by atoms with E-state index < -0.39 is 0 Å². The smallest absolute Gasteiger partial charge is 0.165 e. The summed E-state index contributed by atoms with van der Waals surface area (Å²) in [7, 11) is 0. The summed E-state index contributed by atoms with van der Waals surface area (Å²) in [5, 5.41) is 11.4. The summed E-state index contributed by atoms with van der Waals surface area (Å²) in [4.78, 5) is 19.4. The second-order valence-corrected chi connectivity index (χ2v) is 12.2. The lowest BCUT2D eigenvalue weighted by Crippen LogP contribution is -2.00. The Morgan fingerprint density at radius 3 is 1.78 bits per heavy atom. The Bertz CT molecular complexity index is 2730. The van der Waals surface area contributed by atoms with Gasteiger partial charge in [0, 0.05) is 39.2 Å². The number of nitrogens with zero attached hydrogens (tertiary/aromatic N) is 5. The van der Waals surface area contributed by atoms with Crippen molar-refractivity contribution in [2.75, 3.05) is 0 Å². The summed E-state index contributed by atoms with van der Waals surface area (Å²) in [6.45, 7) is 0. The van der Waals surface area contributed by atoms with E-state index in [0.29, 0.717) is 23.0 Å². The minimum absolute atomic E-state index is 0.509. The highest BCUT2D eigenvalue weighted by Gasteiger charge is 2.17. The van der Waals surface area contributed by atoms with Crippen LogP contribution in [0, 0.1) is 11.3 Å². The van der Waals surface area contributed by atoms with Crippen molar-refractivity contribution in [3.63, 3.8) is 0 Å². The number of benzene rings is 6. The maximum atomic E-state index is 9.34. The standard InChI is InChI=1S/C45H27N5O/c46-27-29-9-7-14-34(25-29)39-24-22-36(28-47-39)45-49-43(33-12-5-2-6-13-33)48-44(50-45)35-21-23-38-41(26-35)51-40-16-8-15-37(42(38)40)32-19-17-31(18-20-32)30-10-3-1-4-11-30/h1-26,28H. The van der Waals surface area contributed by atoms with E-state index in [0.717, 1.165) is 61.0 Å². The zero-order valence-electron chi connectivity index (χ0n) is 27.2. The van der Waals surface area contributed by atoms with Gasteiger partial charge in [-0.15, -0.1) is 0 Å². The molecule has 0 saturated carbocycles. The highest BCUT2D eigenvalue weighted by molar-refractivity contribution is 6.13. The van der Waals surface area contributed by atoms with Gasteiger partial charge in [-0.1, -0.05) is 115 Å². The molecule has 0 aliphatic rings. The summed E-state index contributed by atoms with van der Waals surface area (Å²) in [5.74, 6) is 1.60. The quantitative estimate of drug-likeness (QED) is 0.177. The van der Waals surface area contributed by atoms with E-state index >= 15 is 0 Å². The number of pyridine rings is 1. The van der Waals surface area contributed by atoms with Gasteiger partial charge in [-0.3, -0.25) is 4.98 Å². The average Bonchev–Trinajstić information content (AvgIpc) is 3.60. The van der Waals surface area contributed by atoms with Crippen LogP contribution in [-0.4, -0.2) is 19.9 Å². The molecule has 51 heavy (non-hydrogen) atoms. The van der Waals surface area contributed by atoms with Crippen LogP contribution in [0.3, 0.4) is 0 Å². The summed E-state index contributed by atoms with van der Waals surface area (Å²) in [6, 6.07) is 54.8. The number of aromatic nitrogens is 4. The van der Waals surface area contributed by atoms with Crippen molar-refractivity contribution in [1.82, 2.24) is 19.9 Å². The predicted molar refractivity (Wildman–Crippen MR) is 202 cm³/mol. The Morgan fingerprint density at radius 1 is 0.451 bits per heavy atom. The first kappa shape index (κ1) is 29.9. The van der Waals surface area contributed by atoms with Gasteiger partial charge in [0.1, 0.15) is 11.2 Å². The number of fused-ring (bicyclic) bond motifs is 3. The maximum absolute atomic E-state index is 9.34. The molecule has 6 heteroatoms. The zero-order chi connectivity index (χ0) is 34.1. The molecule has 9 rings (SSSR count). The van der Waals surface area contributed by atoms with Crippen molar-refractivity contribution in [2.45, 2.75) is 0 Å². The Balaban J connectivity index is 1.12. The van der Waals surface area contributed by atoms with E-state index in [1.54, 1.807) is 12.3 Å². The number of hydrogen-bond donors (Lipinski definition) is 0. The third-order valence-electron chi connectivity index (χ3n) is 9.03. The molecule has 0 aliphatic carbocycles. The molecule has 0 saturated heterocycles. The normalized spacial score (nSPS) is 11.1. The van der Waals surface area contributed by atoms with Gasteiger partial charge in [-0.2, -0.15) is 5.26 Å². The topological polar surface area (TPSA) is 88.5 Å². The van der Waals surface area contributed by atoms with Gasteiger partial charge in [-0.25, -0.2) is 15.0 Å². The predicted octanol–water partition coefficient (Wildman–Crippen LogP) is 11.0. The van der Waals surface area contributed by atoms with Gasteiger partial charge >= 0.3 is 0 Å². The van der Waals surface area contributed by atoms with Crippen LogP contribution in [-0.2, 0) is 0 Å². The fourth-order valence-electron chi connectivity index (χ4n) is 6.47. The fourth-order valence-corrected chi connectivity index (χ4v) is 6.47. The monoisotopic (exact) mass is 653 g/mol. The van der Waals surface area contributed by atoms with Crippen molar-refractivity contribution in [3.05, 3.63) is 169 Å². The van der Waals surface area contributed by atoms with Crippen LogP contribution in [0.5, 0.6) is 0 Å². The Morgan fingerprint density at radius 2 is 1.06 bits per heavy atom. The molecule has 0 spiro atoms. The lowest BCUT2D eigenvalue weighted by atomic mass is 9.96. The molecule has 0 bridgehead atoms. The first-order valence-electron chi connectivity index (χ1n) is 16.6. The minimum Gasteiger partial charge on any atom is -0.456 e. The van der Waals surface area contributed by atoms with Gasteiger partial charge in [0.25, 0.3) is 0 Å². The van der Waals surface area contributed by atoms with Crippen LogP contribution in [0.15, 0.2) is 168 Å². The van der Waals surface area contributed by atoms with Crippen molar-refractivity contribution in [2.24, 2.45) is 0 Å².